The lowest BCUT2D eigenvalue weighted by Crippen LogP contribution is -2.42. The lowest BCUT2D eigenvalue weighted by atomic mass is 9.85. The molecule has 2 aliphatic rings. The van der Waals surface area contributed by atoms with Gasteiger partial charge in [0.25, 0.3) is 0 Å². The van der Waals surface area contributed by atoms with Crippen LogP contribution in [0.25, 0.3) is 0 Å². The Kier molecular flexibility index (Phi) is 14.4. The average molecular weight is 918 g/mol. The highest BCUT2D eigenvalue weighted by molar-refractivity contribution is 7.11. The van der Waals surface area contributed by atoms with Gasteiger partial charge in [-0.15, -0.1) is 11.3 Å². The van der Waals surface area contributed by atoms with Crippen molar-refractivity contribution in [1.82, 2.24) is 20.3 Å². The van der Waals surface area contributed by atoms with Gasteiger partial charge in [0.05, 0.1) is 64.6 Å². The molecule has 5 aromatic rings. The van der Waals surface area contributed by atoms with Crippen LogP contribution in [0.15, 0.2) is 82.6 Å². The number of hydrogen-bond donors (Lipinski definition) is 1. The molecule has 2 aliphatic heterocycles. The zero-order valence-corrected chi connectivity index (χ0v) is 37.5. The van der Waals surface area contributed by atoms with Gasteiger partial charge >= 0.3 is 11.9 Å². The van der Waals surface area contributed by atoms with E-state index in [1.54, 1.807) is 65.3 Å². The molecule has 64 heavy (non-hydrogen) atoms. The number of hydrogen-bond acceptors (Lipinski definition) is 16. The van der Waals surface area contributed by atoms with Gasteiger partial charge < -0.3 is 43.5 Å². The van der Waals surface area contributed by atoms with Crippen molar-refractivity contribution in [1.29, 1.82) is 0 Å². The summed E-state index contributed by atoms with van der Waals surface area (Å²) in [5.74, 6) is -0.988. The number of halogens is 3. The van der Waals surface area contributed by atoms with Gasteiger partial charge in [-0.1, -0.05) is 17.7 Å². The molecule has 1 unspecified atom stereocenters. The highest BCUT2D eigenvalue weighted by atomic mass is 35.5. The number of carbonyl (C=O) groups excluding carboxylic acids is 2. The van der Waals surface area contributed by atoms with Crippen molar-refractivity contribution in [2.24, 2.45) is 10.9 Å². The van der Waals surface area contributed by atoms with Crippen LogP contribution in [-0.4, -0.2) is 88.0 Å². The van der Waals surface area contributed by atoms with E-state index in [4.69, 9.17) is 55.0 Å². The van der Waals surface area contributed by atoms with Crippen molar-refractivity contribution < 1.29 is 46.8 Å². The number of anilines is 2. The number of amidine groups is 1. The van der Waals surface area contributed by atoms with Crippen LogP contribution in [0.2, 0.25) is 5.02 Å². The zero-order chi connectivity index (χ0) is 45.5. The third kappa shape index (κ3) is 9.52. The molecule has 15 nitrogen and oxygen atoms in total. The molecule has 3 aromatic carbocycles. The number of aliphatic imine (C=N–C) groups is 1. The molecule has 2 aromatic heterocycles. The maximum atomic E-state index is 14.9. The first-order valence-electron chi connectivity index (χ1n) is 20.2. The Hall–Kier alpha value is -6.53. The number of rotatable bonds is 16. The number of thiazole rings is 1. The minimum absolute atomic E-state index is 0.0501. The molecule has 1 N–H and O–H groups in total. The van der Waals surface area contributed by atoms with E-state index in [1.807, 2.05) is 34.1 Å². The standard InChI is InChI=1S/C45H46ClF2N7O8S/c1-7-63-44(57)40-32(55(23-26-8-10-28(58-2)20-33(26)60-4)24-27-9-11-29(59-3)21-34(27)61-5)22-50-45(53-40)54-17-14-25(15-18-54)38-35(43(56)62-6)39(30-12-13-31(47)37(48)36(30)46)52-41(51-38)42-49-16-19-64-42/h8-13,16,19-22,25,39H,7,14-15,17-18,23-24H2,1-6H3,(H,51,52). The molecule has 0 amide bonds. The Bertz CT molecular complexity index is 2510. The highest BCUT2D eigenvalue weighted by Gasteiger charge is 2.39. The van der Waals surface area contributed by atoms with Crippen LogP contribution < -0.4 is 34.1 Å². The smallest absolute Gasteiger partial charge is 0.359 e. The van der Waals surface area contributed by atoms with E-state index in [9.17, 15) is 18.4 Å². The van der Waals surface area contributed by atoms with Crippen LogP contribution in [0, 0.1) is 17.6 Å². The van der Waals surface area contributed by atoms with Gasteiger partial charge in [-0.2, -0.15) is 0 Å². The first kappa shape index (κ1) is 45.5. The lowest BCUT2D eigenvalue weighted by Gasteiger charge is -2.37. The third-order valence-corrected chi connectivity index (χ3v) is 12.1. The Morgan fingerprint density at radius 3 is 2.11 bits per heavy atom. The molecule has 0 saturated carbocycles. The van der Waals surface area contributed by atoms with Gasteiger partial charge in [0.2, 0.25) is 5.95 Å². The number of carbonyl (C=O) groups is 2. The van der Waals surface area contributed by atoms with Crippen LogP contribution in [0.1, 0.15) is 58.0 Å². The summed E-state index contributed by atoms with van der Waals surface area (Å²) < 4.78 is 62.4. The Balaban J connectivity index is 1.23. The molecule has 0 bridgehead atoms. The fraction of sp³-hybridized carbons (Fsp3) is 0.333. The Morgan fingerprint density at radius 1 is 0.891 bits per heavy atom. The quantitative estimate of drug-likeness (QED) is 0.0758. The number of esters is 2. The Morgan fingerprint density at radius 2 is 1.55 bits per heavy atom. The van der Waals surface area contributed by atoms with E-state index >= 15 is 0 Å². The molecule has 0 spiro atoms. The summed E-state index contributed by atoms with van der Waals surface area (Å²) >= 11 is 7.70. The van der Waals surface area contributed by atoms with Crippen molar-refractivity contribution in [3.8, 4) is 23.0 Å². The first-order valence-corrected chi connectivity index (χ1v) is 21.4. The number of nitrogens with one attached hydrogen (secondary N) is 1. The number of nitrogens with zero attached hydrogens (tertiary/aromatic N) is 6. The molecule has 1 atom stereocenters. The maximum Gasteiger partial charge on any atom is 0.359 e. The molecule has 4 heterocycles. The fourth-order valence-corrected chi connectivity index (χ4v) is 8.56. The summed E-state index contributed by atoms with van der Waals surface area (Å²) in [4.78, 5) is 50.3. The fourth-order valence-electron chi connectivity index (χ4n) is 7.72. The molecular weight excluding hydrogens is 872 g/mol. The normalized spacial score (nSPS) is 15.2. The number of methoxy groups -OCH3 is 5. The molecule has 19 heteroatoms. The predicted molar refractivity (Wildman–Crippen MR) is 237 cm³/mol. The number of ether oxygens (including phenoxy) is 6. The average Bonchev–Trinajstić information content (AvgIpc) is 3.88. The van der Waals surface area contributed by atoms with Gasteiger partial charge in [0.15, 0.2) is 28.2 Å². The summed E-state index contributed by atoms with van der Waals surface area (Å²) in [6.07, 6.45) is 4.18. The summed E-state index contributed by atoms with van der Waals surface area (Å²) in [6, 6.07) is 12.1. The molecule has 336 valence electrons. The van der Waals surface area contributed by atoms with Gasteiger partial charge in [0.1, 0.15) is 29.0 Å². The summed E-state index contributed by atoms with van der Waals surface area (Å²) in [7, 11) is 7.54. The minimum Gasteiger partial charge on any atom is -0.497 e. The molecule has 7 rings (SSSR count). The summed E-state index contributed by atoms with van der Waals surface area (Å²) in [5.41, 5.74) is 2.76. The van der Waals surface area contributed by atoms with Gasteiger partial charge in [0, 0.05) is 78.2 Å². The van der Waals surface area contributed by atoms with Crippen molar-refractivity contribution in [3.05, 3.63) is 122 Å². The highest BCUT2D eigenvalue weighted by Crippen LogP contribution is 2.41. The number of aromatic nitrogens is 3. The van der Waals surface area contributed by atoms with E-state index < -0.39 is 34.6 Å². The molecule has 0 radical (unpaired) electrons. The number of piperidine rings is 1. The maximum absolute atomic E-state index is 14.9. The summed E-state index contributed by atoms with van der Waals surface area (Å²) in [6.45, 7) is 3.16. The van der Waals surface area contributed by atoms with Crippen molar-refractivity contribution in [3.63, 3.8) is 0 Å². The molecule has 1 fully saturated rings. The second kappa shape index (κ2) is 20.3. The largest absolute Gasteiger partial charge is 0.497 e. The predicted octanol–water partition coefficient (Wildman–Crippen LogP) is 7.72. The van der Waals surface area contributed by atoms with Crippen LogP contribution in [0.3, 0.4) is 0 Å². The van der Waals surface area contributed by atoms with E-state index in [0.29, 0.717) is 77.1 Å². The first-order chi connectivity index (χ1) is 31.0. The van der Waals surface area contributed by atoms with Crippen LogP contribution in [-0.2, 0) is 27.4 Å². The lowest BCUT2D eigenvalue weighted by molar-refractivity contribution is -0.136. The summed E-state index contributed by atoms with van der Waals surface area (Å²) in [5, 5.41) is 5.14. The van der Waals surface area contributed by atoms with Gasteiger partial charge in [-0.05, 0) is 50.1 Å². The van der Waals surface area contributed by atoms with Crippen molar-refractivity contribution in [2.45, 2.75) is 38.9 Å². The topological polar surface area (TPSA) is 159 Å². The molecular formula is C45H46ClF2N7O8S. The Labute approximate surface area is 377 Å². The monoisotopic (exact) mass is 917 g/mol. The van der Waals surface area contributed by atoms with Gasteiger partial charge in [-0.3, -0.25) is 4.99 Å². The zero-order valence-electron chi connectivity index (χ0n) is 35.9. The van der Waals surface area contributed by atoms with Crippen LogP contribution in [0.4, 0.5) is 20.4 Å². The molecule has 0 aliphatic carbocycles. The number of allylic oxidation sites excluding steroid dienone is 1. The van der Waals surface area contributed by atoms with E-state index in [0.717, 1.165) is 17.2 Å². The van der Waals surface area contributed by atoms with Crippen molar-refractivity contribution >= 4 is 52.3 Å². The second-order valence-electron chi connectivity index (χ2n) is 14.5. The van der Waals surface area contributed by atoms with Crippen molar-refractivity contribution in [2.75, 3.05) is 65.0 Å². The minimum atomic E-state index is -1.25. The van der Waals surface area contributed by atoms with E-state index in [1.165, 1.54) is 24.5 Å². The molecule has 1 saturated heterocycles. The van der Waals surface area contributed by atoms with E-state index in [-0.39, 0.29) is 42.4 Å². The second-order valence-corrected chi connectivity index (χ2v) is 15.8. The number of benzene rings is 3. The van der Waals surface area contributed by atoms with Gasteiger partial charge in [-0.25, -0.2) is 33.3 Å². The third-order valence-electron chi connectivity index (χ3n) is 10.9. The van der Waals surface area contributed by atoms with E-state index in [2.05, 4.69) is 10.3 Å². The van der Waals surface area contributed by atoms with Crippen LogP contribution >= 0.6 is 22.9 Å². The SMILES string of the molecule is CCOC(=O)c1nc(N2CCC(C3=C(C(=O)OC)C(c4ccc(F)c(F)c4Cl)N=C(c4nccs4)N3)CC2)ncc1N(Cc1ccc(OC)cc1OC)Cc1ccc(OC)cc1OC. The van der Waals surface area contributed by atoms with Crippen LogP contribution in [0.5, 0.6) is 23.0 Å².